The van der Waals surface area contributed by atoms with Gasteiger partial charge in [-0.15, -0.1) is 11.3 Å². The van der Waals surface area contributed by atoms with Crippen molar-refractivity contribution in [2.24, 2.45) is 5.92 Å². The number of ether oxygens (including phenoxy) is 1. The molecule has 0 aliphatic heterocycles. The fourth-order valence-corrected chi connectivity index (χ4v) is 3.65. The smallest absolute Gasteiger partial charge is 0.413 e. The lowest BCUT2D eigenvalue weighted by Gasteiger charge is -2.19. The molecule has 0 saturated carbocycles. The average Bonchev–Trinajstić information content (AvgIpc) is 3.14. The zero-order chi connectivity index (χ0) is 19.1. The molecule has 0 saturated heterocycles. The van der Waals surface area contributed by atoms with Crippen molar-refractivity contribution in [1.29, 1.82) is 0 Å². The monoisotopic (exact) mass is 375 g/mol. The maximum atomic E-state index is 12.2. The molecule has 0 bridgehead atoms. The van der Waals surface area contributed by atoms with Crippen LogP contribution in [0.1, 0.15) is 42.8 Å². The lowest BCUT2D eigenvalue weighted by Crippen LogP contribution is -2.92. The summed E-state index contributed by atoms with van der Waals surface area (Å²) >= 11 is 1.66. The van der Waals surface area contributed by atoms with E-state index in [0.717, 1.165) is 12.0 Å². The second-order valence-electron chi connectivity index (χ2n) is 6.79. The Morgan fingerprint density at radius 2 is 1.85 bits per heavy atom. The first-order valence-corrected chi connectivity index (χ1v) is 9.64. The second kappa shape index (κ2) is 9.50. The zero-order valence-corrected chi connectivity index (χ0v) is 16.5. The number of alkyl carbamates (subject to hydrolysis) is 1. The number of hydrogen-bond donors (Lipinski definition) is 2. The molecule has 0 aliphatic rings. The molecule has 1 aromatic carbocycles. The molecule has 0 radical (unpaired) electrons. The van der Waals surface area contributed by atoms with E-state index in [4.69, 9.17) is 0 Å². The van der Waals surface area contributed by atoms with Crippen LogP contribution in [0.25, 0.3) is 0 Å². The summed E-state index contributed by atoms with van der Waals surface area (Å²) in [6.07, 6.45) is 0.312. The van der Waals surface area contributed by atoms with Crippen LogP contribution in [0.5, 0.6) is 0 Å². The molecule has 6 heteroatoms. The van der Waals surface area contributed by atoms with Gasteiger partial charge in [-0.3, -0.25) is 10.1 Å². The summed E-state index contributed by atoms with van der Waals surface area (Å²) in [4.78, 5) is 24.6. The largest absolute Gasteiger partial charge is 0.453 e. The van der Waals surface area contributed by atoms with Gasteiger partial charge in [0.05, 0.1) is 12.0 Å². The van der Waals surface area contributed by atoms with Crippen LogP contribution in [0.4, 0.5) is 4.79 Å². The minimum absolute atomic E-state index is 0.00139. The lowest BCUT2D eigenvalue weighted by molar-refractivity contribution is -0.704. The number of quaternary nitrogens is 1. The molecular formula is C20H27N2O3S+. The van der Waals surface area contributed by atoms with Gasteiger partial charge in [-0.2, -0.15) is 0 Å². The van der Waals surface area contributed by atoms with E-state index in [0.29, 0.717) is 5.92 Å². The summed E-state index contributed by atoms with van der Waals surface area (Å²) in [5, 5.41) is 6.24. The molecule has 1 heterocycles. The molecule has 2 atom stereocenters. The zero-order valence-electron chi connectivity index (χ0n) is 15.7. The van der Waals surface area contributed by atoms with E-state index in [9.17, 15) is 9.59 Å². The Morgan fingerprint density at radius 3 is 2.38 bits per heavy atom. The first-order chi connectivity index (χ1) is 12.4. The quantitative estimate of drug-likeness (QED) is 0.782. The summed E-state index contributed by atoms with van der Waals surface area (Å²) < 4.78 is 4.49. The number of imide groups is 1. The Hall–Kier alpha value is -2.18. The van der Waals surface area contributed by atoms with Gasteiger partial charge in [0.15, 0.2) is 6.04 Å². The van der Waals surface area contributed by atoms with E-state index in [-0.39, 0.29) is 11.9 Å². The molecule has 0 unspecified atom stereocenters. The maximum absolute atomic E-state index is 12.2. The van der Waals surface area contributed by atoms with E-state index in [2.05, 4.69) is 54.2 Å². The van der Waals surface area contributed by atoms with E-state index in [1.54, 1.807) is 18.3 Å². The molecule has 5 nitrogen and oxygen atoms in total. The van der Waals surface area contributed by atoms with E-state index in [1.807, 2.05) is 16.8 Å². The molecule has 1 aromatic heterocycles. The van der Waals surface area contributed by atoms with Crippen LogP contribution in [0, 0.1) is 5.92 Å². The Balaban J connectivity index is 2.17. The SMILES string of the molecule is COC(=O)NC(=O)[C@@H](C)[NH2+][C@H](c1ccc(CC(C)C)cc1)c1cccs1. The van der Waals surface area contributed by atoms with Crippen molar-refractivity contribution >= 4 is 23.3 Å². The Labute approximate surface area is 158 Å². The minimum atomic E-state index is -0.735. The molecular weight excluding hydrogens is 348 g/mol. The molecule has 2 aromatic rings. The third-order valence-corrected chi connectivity index (χ3v) is 5.09. The third kappa shape index (κ3) is 5.68. The standard InChI is InChI=1S/C20H26N2O3S/c1-13(2)12-15-7-9-16(10-8-15)18(17-6-5-11-26-17)21-14(3)19(23)22-20(24)25-4/h5-11,13-14,18,21H,12H2,1-4H3,(H,22,23,24)/p+1/t14-,18-/m1/s1. The van der Waals surface area contributed by atoms with Gasteiger partial charge >= 0.3 is 6.09 Å². The number of thiophene rings is 1. The lowest BCUT2D eigenvalue weighted by atomic mass is 9.98. The van der Waals surface area contributed by atoms with Crippen molar-refractivity contribution < 1.29 is 19.6 Å². The number of carbonyl (C=O) groups is 2. The Kier molecular flexibility index (Phi) is 7.36. The average molecular weight is 376 g/mol. The highest BCUT2D eigenvalue weighted by atomic mass is 32.1. The molecule has 0 spiro atoms. The van der Waals surface area contributed by atoms with Gasteiger partial charge in [-0.05, 0) is 36.3 Å². The third-order valence-electron chi connectivity index (χ3n) is 4.14. The highest BCUT2D eigenvalue weighted by Crippen LogP contribution is 2.23. The van der Waals surface area contributed by atoms with E-state index in [1.165, 1.54) is 17.6 Å². The van der Waals surface area contributed by atoms with Crippen molar-refractivity contribution in [3.05, 3.63) is 57.8 Å². The van der Waals surface area contributed by atoms with Gasteiger partial charge in [0.2, 0.25) is 0 Å². The van der Waals surface area contributed by atoms with E-state index < -0.39 is 12.1 Å². The van der Waals surface area contributed by atoms with Gasteiger partial charge in [0, 0.05) is 5.56 Å². The first kappa shape index (κ1) is 20.1. The molecule has 26 heavy (non-hydrogen) atoms. The highest BCUT2D eigenvalue weighted by molar-refractivity contribution is 7.10. The maximum Gasteiger partial charge on any atom is 0.413 e. The normalized spacial score (nSPS) is 13.3. The van der Waals surface area contributed by atoms with Crippen molar-refractivity contribution in [3.63, 3.8) is 0 Å². The van der Waals surface area contributed by atoms with Crippen LogP contribution in [-0.2, 0) is 16.0 Å². The van der Waals surface area contributed by atoms with Crippen LogP contribution >= 0.6 is 11.3 Å². The molecule has 0 fully saturated rings. The number of carbonyl (C=O) groups excluding carboxylic acids is 2. The van der Waals surface area contributed by atoms with Gasteiger partial charge in [0.25, 0.3) is 5.91 Å². The molecule has 3 N–H and O–H groups in total. The number of amides is 2. The summed E-state index contributed by atoms with van der Waals surface area (Å²) in [5.74, 6) is 0.248. The van der Waals surface area contributed by atoms with E-state index >= 15 is 0 Å². The minimum Gasteiger partial charge on any atom is -0.453 e. The summed E-state index contributed by atoms with van der Waals surface area (Å²) in [5.41, 5.74) is 2.45. The second-order valence-corrected chi connectivity index (χ2v) is 7.77. The predicted octanol–water partition coefficient (Wildman–Crippen LogP) is 2.87. The van der Waals surface area contributed by atoms with Crippen molar-refractivity contribution in [2.45, 2.75) is 39.3 Å². The number of benzene rings is 1. The predicted molar refractivity (Wildman–Crippen MR) is 103 cm³/mol. The van der Waals surface area contributed by atoms with Gasteiger partial charge in [-0.1, -0.05) is 44.2 Å². The summed E-state index contributed by atoms with van der Waals surface area (Å²) in [7, 11) is 1.24. The first-order valence-electron chi connectivity index (χ1n) is 8.76. The van der Waals surface area contributed by atoms with Crippen molar-refractivity contribution in [1.82, 2.24) is 5.32 Å². The summed E-state index contributed by atoms with van der Waals surface area (Å²) in [6.45, 7) is 6.20. The number of rotatable bonds is 7. The Bertz CT molecular complexity index is 711. The van der Waals surface area contributed by atoms with Crippen molar-refractivity contribution in [3.8, 4) is 0 Å². The fraction of sp³-hybridized carbons (Fsp3) is 0.400. The number of nitrogens with one attached hydrogen (secondary N) is 1. The summed E-state index contributed by atoms with van der Waals surface area (Å²) in [6, 6.07) is 12.2. The number of nitrogens with two attached hydrogens (primary N) is 1. The fourth-order valence-electron chi connectivity index (χ4n) is 2.81. The van der Waals surface area contributed by atoms with Crippen LogP contribution in [0.3, 0.4) is 0 Å². The van der Waals surface area contributed by atoms with Gasteiger partial charge in [-0.25, -0.2) is 4.79 Å². The van der Waals surface area contributed by atoms with Crippen LogP contribution < -0.4 is 10.6 Å². The van der Waals surface area contributed by atoms with Gasteiger partial charge in [0.1, 0.15) is 6.04 Å². The van der Waals surface area contributed by atoms with Crippen LogP contribution in [0.15, 0.2) is 41.8 Å². The van der Waals surface area contributed by atoms with Crippen molar-refractivity contribution in [2.75, 3.05) is 7.11 Å². The molecule has 2 amide bonds. The molecule has 140 valence electrons. The van der Waals surface area contributed by atoms with Gasteiger partial charge < -0.3 is 10.1 Å². The molecule has 2 rings (SSSR count). The highest BCUT2D eigenvalue weighted by Gasteiger charge is 2.26. The Morgan fingerprint density at radius 1 is 1.15 bits per heavy atom. The number of hydrogen-bond acceptors (Lipinski definition) is 4. The molecule has 0 aliphatic carbocycles. The van der Waals surface area contributed by atoms with Crippen LogP contribution in [0.2, 0.25) is 0 Å². The number of methoxy groups -OCH3 is 1. The topological polar surface area (TPSA) is 72.0 Å². The van der Waals surface area contributed by atoms with Crippen LogP contribution in [-0.4, -0.2) is 25.2 Å².